The molecule has 0 saturated heterocycles. The highest BCUT2D eigenvalue weighted by atomic mass is 32.2. The molecule has 3 aromatic carbocycles. The van der Waals surface area contributed by atoms with Gasteiger partial charge in [-0.15, -0.1) is 0 Å². The number of amides is 2. The second-order valence-corrected chi connectivity index (χ2v) is 10.9. The number of hydrogen-bond donors (Lipinski definition) is 1. The zero-order chi connectivity index (χ0) is 23.1. The van der Waals surface area contributed by atoms with E-state index in [1.807, 2.05) is 63.2 Å². The first-order valence-electron chi connectivity index (χ1n) is 10.6. The van der Waals surface area contributed by atoms with Crippen molar-refractivity contribution < 1.29 is 13.2 Å². The lowest BCUT2D eigenvalue weighted by atomic mass is 9.65. The number of hydrogen-bond acceptors (Lipinski definition) is 3. The molecule has 1 aliphatic rings. The third-order valence-corrected chi connectivity index (χ3v) is 7.63. The molecule has 5 nitrogen and oxygen atoms in total. The van der Waals surface area contributed by atoms with Crippen molar-refractivity contribution in [1.82, 2.24) is 4.72 Å². The second-order valence-electron chi connectivity index (χ2n) is 9.26. The highest BCUT2D eigenvalue weighted by Gasteiger charge is 2.48. The molecule has 166 valence electrons. The van der Waals surface area contributed by atoms with E-state index in [2.05, 4.69) is 23.8 Å². The van der Waals surface area contributed by atoms with Gasteiger partial charge in [0.25, 0.3) is 10.0 Å². The number of anilines is 1. The summed E-state index contributed by atoms with van der Waals surface area (Å²) in [4.78, 5) is 15.1. The molecule has 0 spiro atoms. The molecule has 1 N–H and O–H groups in total. The summed E-state index contributed by atoms with van der Waals surface area (Å²) in [5.74, 6) is 0. The summed E-state index contributed by atoms with van der Waals surface area (Å²) in [6.45, 7) is 8.01. The molecule has 4 rings (SSSR count). The number of carbonyl (C=O) groups excluding carboxylic acids is 1. The number of urea groups is 1. The summed E-state index contributed by atoms with van der Waals surface area (Å²) < 4.78 is 28.1. The average Bonchev–Trinajstić information content (AvgIpc) is 2.73. The van der Waals surface area contributed by atoms with Crippen LogP contribution in [0.15, 0.2) is 83.8 Å². The van der Waals surface area contributed by atoms with Gasteiger partial charge >= 0.3 is 6.03 Å². The minimum absolute atomic E-state index is 0.0636. The Morgan fingerprint density at radius 2 is 1.47 bits per heavy atom. The van der Waals surface area contributed by atoms with Crippen LogP contribution in [-0.2, 0) is 15.4 Å². The second kappa shape index (κ2) is 7.78. The summed E-state index contributed by atoms with van der Waals surface area (Å²) in [5.41, 5.74) is 2.86. The number of carbonyl (C=O) groups is 1. The maximum atomic E-state index is 13.4. The highest BCUT2D eigenvalue weighted by molar-refractivity contribution is 7.90. The molecule has 0 radical (unpaired) electrons. The van der Waals surface area contributed by atoms with Gasteiger partial charge in [0.1, 0.15) is 0 Å². The van der Waals surface area contributed by atoms with Gasteiger partial charge in [-0.1, -0.05) is 73.2 Å². The van der Waals surface area contributed by atoms with E-state index in [4.69, 9.17) is 0 Å². The first-order valence-corrected chi connectivity index (χ1v) is 12.1. The molecule has 1 aliphatic heterocycles. The molecular formula is C26H28N2O3S. The van der Waals surface area contributed by atoms with Gasteiger partial charge < -0.3 is 0 Å². The Balaban J connectivity index is 1.76. The number of rotatable bonds is 3. The quantitative estimate of drug-likeness (QED) is 0.584. The number of aryl methyl sites for hydroxylation is 1. The highest BCUT2D eigenvalue weighted by Crippen LogP contribution is 2.50. The fourth-order valence-corrected chi connectivity index (χ4v) is 5.82. The van der Waals surface area contributed by atoms with Crippen molar-refractivity contribution in [3.05, 3.63) is 95.6 Å². The third kappa shape index (κ3) is 3.79. The lowest BCUT2D eigenvalue weighted by molar-refractivity contribution is 0.237. The lowest BCUT2D eigenvalue weighted by Crippen LogP contribution is -2.59. The van der Waals surface area contributed by atoms with Gasteiger partial charge in [-0.3, -0.25) is 4.90 Å². The molecule has 1 atom stereocenters. The smallest absolute Gasteiger partial charge is 0.288 e. The molecule has 2 amide bonds. The summed E-state index contributed by atoms with van der Waals surface area (Å²) in [7, 11) is -4.00. The number of nitrogens with zero attached hydrogens (tertiary/aromatic N) is 1. The Morgan fingerprint density at radius 3 is 2.12 bits per heavy atom. The predicted octanol–water partition coefficient (Wildman–Crippen LogP) is 5.39. The van der Waals surface area contributed by atoms with Crippen molar-refractivity contribution in [2.24, 2.45) is 0 Å². The topological polar surface area (TPSA) is 66.5 Å². The molecule has 0 aromatic heterocycles. The van der Waals surface area contributed by atoms with Crippen LogP contribution in [-0.4, -0.2) is 20.0 Å². The van der Waals surface area contributed by atoms with Crippen LogP contribution >= 0.6 is 0 Å². The van der Waals surface area contributed by atoms with Crippen molar-refractivity contribution in [3.63, 3.8) is 0 Å². The normalized spacial score (nSPS) is 19.8. The molecule has 0 bridgehead atoms. The summed E-state index contributed by atoms with van der Waals surface area (Å²) in [6, 6.07) is 23.7. The Morgan fingerprint density at radius 1 is 0.875 bits per heavy atom. The van der Waals surface area contributed by atoms with Crippen LogP contribution in [0.3, 0.4) is 0 Å². The van der Waals surface area contributed by atoms with Crippen molar-refractivity contribution in [2.75, 3.05) is 4.90 Å². The molecule has 32 heavy (non-hydrogen) atoms. The molecule has 0 fully saturated rings. The Hall–Kier alpha value is -3.12. The van der Waals surface area contributed by atoms with E-state index in [0.29, 0.717) is 12.1 Å². The first kappa shape index (κ1) is 22.1. The zero-order valence-electron chi connectivity index (χ0n) is 18.8. The number of fused-ring (bicyclic) bond motifs is 1. The molecular weight excluding hydrogens is 420 g/mol. The molecule has 6 heteroatoms. The SMILES string of the molecule is Cc1ccc(S(=O)(=O)NC(=O)N2c3ccccc3[C@@](C)(c3ccccc3)CC2(C)C)cc1. The lowest BCUT2D eigenvalue weighted by Gasteiger charge is -2.51. The fraction of sp³-hybridized carbons (Fsp3) is 0.269. The van der Waals surface area contributed by atoms with Crippen LogP contribution in [0.4, 0.5) is 10.5 Å². The minimum Gasteiger partial charge on any atom is -0.288 e. The Kier molecular flexibility index (Phi) is 5.37. The van der Waals surface area contributed by atoms with Crippen LogP contribution in [0.2, 0.25) is 0 Å². The Bertz CT molecular complexity index is 1250. The summed E-state index contributed by atoms with van der Waals surface area (Å²) in [6.07, 6.45) is 0.638. The number of benzene rings is 3. The summed E-state index contributed by atoms with van der Waals surface area (Å²) in [5, 5.41) is 0. The van der Waals surface area contributed by atoms with E-state index in [-0.39, 0.29) is 10.3 Å². The predicted molar refractivity (Wildman–Crippen MR) is 127 cm³/mol. The van der Waals surface area contributed by atoms with Crippen LogP contribution < -0.4 is 9.62 Å². The van der Waals surface area contributed by atoms with Crippen molar-refractivity contribution in [3.8, 4) is 0 Å². The van der Waals surface area contributed by atoms with Gasteiger partial charge in [0, 0.05) is 11.0 Å². The third-order valence-electron chi connectivity index (χ3n) is 6.30. The van der Waals surface area contributed by atoms with Gasteiger partial charge in [0.2, 0.25) is 0 Å². The maximum absolute atomic E-state index is 13.4. The van der Waals surface area contributed by atoms with Crippen LogP contribution in [0.25, 0.3) is 0 Å². The monoisotopic (exact) mass is 448 g/mol. The molecule has 1 heterocycles. The van der Waals surface area contributed by atoms with E-state index in [0.717, 1.165) is 16.7 Å². The Labute approximate surface area is 190 Å². The van der Waals surface area contributed by atoms with Crippen molar-refractivity contribution in [2.45, 2.75) is 50.0 Å². The van der Waals surface area contributed by atoms with Gasteiger partial charge in [0.05, 0.1) is 10.6 Å². The van der Waals surface area contributed by atoms with Crippen LogP contribution in [0.1, 0.15) is 43.9 Å². The molecule has 0 unspecified atom stereocenters. The number of nitrogens with one attached hydrogen (secondary N) is 1. The zero-order valence-corrected chi connectivity index (χ0v) is 19.6. The van der Waals surface area contributed by atoms with Crippen molar-refractivity contribution in [1.29, 1.82) is 0 Å². The van der Waals surface area contributed by atoms with Gasteiger partial charge in [-0.25, -0.2) is 17.9 Å². The van der Waals surface area contributed by atoms with Gasteiger partial charge in [0.15, 0.2) is 0 Å². The largest absolute Gasteiger partial charge is 0.336 e. The minimum atomic E-state index is -4.00. The molecule has 3 aromatic rings. The van der Waals surface area contributed by atoms with E-state index in [1.165, 1.54) is 12.1 Å². The van der Waals surface area contributed by atoms with Gasteiger partial charge in [-0.2, -0.15) is 0 Å². The number of sulfonamides is 1. The average molecular weight is 449 g/mol. The molecule has 0 aliphatic carbocycles. The van der Waals surface area contributed by atoms with Gasteiger partial charge in [-0.05, 0) is 56.5 Å². The van der Waals surface area contributed by atoms with E-state index in [1.54, 1.807) is 17.0 Å². The molecule has 0 saturated carbocycles. The van der Waals surface area contributed by atoms with Crippen LogP contribution in [0, 0.1) is 6.92 Å². The van der Waals surface area contributed by atoms with E-state index < -0.39 is 21.6 Å². The fourth-order valence-electron chi connectivity index (χ4n) is 4.89. The number of para-hydroxylation sites is 1. The van der Waals surface area contributed by atoms with Crippen LogP contribution in [0.5, 0.6) is 0 Å². The first-order chi connectivity index (χ1) is 15.0. The van der Waals surface area contributed by atoms with Crippen molar-refractivity contribution >= 4 is 21.7 Å². The maximum Gasteiger partial charge on any atom is 0.336 e. The van der Waals surface area contributed by atoms with E-state index in [9.17, 15) is 13.2 Å². The standard InChI is InChI=1S/C26H28N2O3S/c1-19-14-16-21(17-15-19)32(30,31)27-24(29)28-23-13-9-8-12-22(23)26(4,18-25(28,2)3)20-10-6-5-7-11-20/h5-17H,18H2,1-4H3,(H,27,29)/t26-/m1/s1. The van der Waals surface area contributed by atoms with E-state index >= 15 is 0 Å². The summed E-state index contributed by atoms with van der Waals surface area (Å²) >= 11 is 0.